The van der Waals surface area contributed by atoms with E-state index < -0.39 is 90.3 Å². The summed E-state index contributed by atoms with van der Waals surface area (Å²) in [5, 5.41) is 0. The topological polar surface area (TPSA) is 0 Å². The second-order valence-electron chi connectivity index (χ2n) is 19.4. The Bertz CT molecular complexity index is 1140. The van der Waals surface area contributed by atoms with E-state index in [2.05, 4.69) is 34.6 Å². The predicted molar refractivity (Wildman–Crippen MR) is 250 cm³/mol. The standard InChI is InChI=1S/2C6H11F3.C5H6F6.2C5H9F3.2C5H12.2C4H7F3.C4H10/c1-3-4-5(2)6(7,8)9;1-2-3-4-5-6(7,8)9;1-3(2,4(6,7)8)5(9,10)11;1-4(2,3)5(6,7)8;1-3-4(2)5(6,7)8;1-4-5(2)3;1-3-5-4-2;2*1-3(2)4(5,6)7;1-4(2)3/h5H,3-4H2,1-2H3;2-5H2,1H3;1-2H3;1-3H3;4H,3H2,1-2H3;5H,4H2,1-3H3;3-5H2,1-2H3;2*3H,1-2H3;4H,1-3H3/t5-;;;;;;;;;/m0........./s1/i;;;;;;;3D;;4D. The van der Waals surface area contributed by atoms with Crippen molar-refractivity contribution in [2.75, 3.05) is 0 Å². The van der Waals surface area contributed by atoms with E-state index in [9.17, 15) is 105 Å². The van der Waals surface area contributed by atoms with Crippen molar-refractivity contribution in [2.45, 2.75) is 272 Å². The lowest BCUT2D eigenvalue weighted by Gasteiger charge is -2.29. The van der Waals surface area contributed by atoms with Crippen LogP contribution in [0.1, 0.15) is 226 Å². The maximum absolute atomic E-state index is 11.6. The lowest BCUT2D eigenvalue weighted by Crippen LogP contribution is -2.44. The zero-order valence-electron chi connectivity index (χ0n) is 49.2. The Morgan fingerprint density at radius 1 is 0.356 bits per heavy atom. The quantitative estimate of drug-likeness (QED) is 0.159. The molecular formula is C49H94F24. The Kier molecular flexibility index (Phi) is 53.4. The van der Waals surface area contributed by atoms with E-state index in [-0.39, 0.29) is 39.0 Å². The van der Waals surface area contributed by atoms with Crippen LogP contribution in [0.15, 0.2) is 0 Å². The van der Waals surface area contributed by atoms with Crippen LogP contribution in [0.4, 0.5) is 105 Å². The minimum Gasteiger partial charge on any atom is -0.171 e. The van der Waals surface area contributed by atoms with Gasteiger partial charge in [0.25, 0.3) is 0 Å². The molecule has 0 radical (unpaired) electrons. The number of rotatable bonds is 9. The molecule has 0 aliphatic rings. The molecule has 0 spiro atoms. The Morgan fingerprint density at radius 3 is 0.658 bits per heavy atom. The maximum atomic E-state index is 11.6. The van der Waals surface area contributed by atoms with Gasteiger partial charge < -0.3 is 0 Å². The van der Waals surface area contributed by atoms with Gasteiger partial charge >= 0.3 is 49.4 Å². The summed E-state index contributed by atoms with van der Waals surface area (Å²) in [6.45, 7) is 31.7. The van der Waals surface area contributed by atoms with E-state index in [1.807, 2.05) is 27.7 Å². The third kappa shape index (κ3) is 79.3. The molecule has 0 amide bonds. The van der Waals surface area contributed by atoms with E-state index in [1.165, 1.54) is 46.5 Å². The minimum atomic E-state index is -5.24. The fraction of sp³-hybridized carbons (Fsp3) is 1.00. The average molecular weight is 1140 g/mol. The molecule has 0 aliphatic carbocycles. The van der Waals surface area contributed by atoms with Crippen molar-refractivity contribution in [2.24, 2.45) is 46.3 Å². The molecule has 1 unspecified atom stereocenters. The largest absolute Gasteiger partial charge is 0.402 e. The molecule has 73 heavy (non-hydrogen) atoms. The molecule has 0 saturated carbocycles. The second kappa shape index (κ2) is 44.3. The van der Waals surface area contributed by atoms with Gasteiger partial charge in [-0.15, -0.1) is 0 Å². The molecule has 0 saturated heterocycles. The first-order valence-electron chi connectivity index (χ1n) is 24.7. The Hall–Kier alpha value is -1.68. The van der Waals surface area contributed by atoms with Crippen LogP contribution in [0.25, 0.3) is 0 Å². The molecule has 0 aromatic heterocycles. The van der Waals surface area contributed by atoms with Gasteiger partial charge in [0.15, 0.2) is 5.41 Å². The summed E-state index contributed by atoms with van der Waals surface area (Å²) in [4.78, 5) is 0. The number of halogens is 24. The highest BCUT2D eigenvalue weighted by molar-refractivity contribution is 4.84. The second-order valence-corrected chi connectivity index (χ2v) is 19.4. The highest BCUT2D eigenvalue weighted by Gasteiger charge is 2.64. The molecule has 0 nitrogen and oxygen atoms in total. The van der Waals surface area contributed by atoms with Crippen LogP contribution in [0.5, 0.6) is 0 Å². The predicted octanol–water partition coefficient (Wildman–Crippen LogP) is 24.8. The van der Waals surface area contributed by atoms with Crippen molar-refractivity contribution in [3.63, 3.8) is 0 Å². The highest BCUT2D eigenvalue weighted by atomic mass is 19.4. The van der Waals surface area contributed by atoms with Crippen molar-refractivity contribution in [1.29, 1.82) is 0 Å². The summed E-state index contributed by atoms with van der Waals surface area (Å²) in [5.41, 5.74) is -5.19. The lowest BCUT2D eigenvalue weighted by molar-refractivity contribution is -0.327. The molecule has 0 heterocycles. The molecule has 0 fully saturated rings. The van der Waals surface area contributed by atoms with Crippen LogP contribution in [0, 0.1) is 46.3 Å². The van der Waals surface area contributed by atoms with E-state index in [1.54, 1.807) is 6.92 Å². The zero-order chi connectivity index (χ0) is 64.1. The van der Waals surface area contributed by atoms with Crippen molar-refractivity contribution in [3.8, 4) is 0 Å². The Balaban J connectivity index is -0.0000000790. The van der Waals surface area contributed by atoms with Crippen molar-refractivity contribution >= 4 is 0 Å². The van der Waals surface area contributed by atoms with Gasteiger partial charge in [-0.2, -0.15) is 105 Å². The number of hydrogen-bond donors (Lipinski definition) is 0. The van der Waals surface area contributed by atoms with Crippen LogP contribution < -0.4 is 0 Å². The van der Waals surface area contributed by atoms with Gasteiger partial charge in [-0.05, 0) is 44.9 Å². The van der Waals surface area contributed by atoms with Crippen LogP contribution in [-0.2, 0) is 0 Å². The minimum absolute atomic E-state index is 0.104. The van der Waals surface area contributed by atoms with E-state index in [0.29, 0.717) is 12.8 Å². The zero-order valence-corrected chi connectivity index (χ0v) is 47.2. The molecule has 0 aromatic carbocycles. The van der Waals surface area contributed by atoms with Gasteiger partial charge in [0, 0.05) is 21.0 Å². The first-order valence-corrected chi connectivity index (χ1v) is 23.7. The van der Waals surface area contributed by atoms with Crippen molar-refractivity contribution < 1.29 is 108 Å². The smallest absolute Gasteiger partial charge is 0.171 e. The molecule has 0 N–H and O–H groups in total. The maximum Gasteiger partial charge on any atom is 0.402 e. The fourth-order valence-electron chi connectivity index (χ4n) is 1.92. The number of unbranched alkanes of at least 4 members (excludes halogenated alkanes) is 4. The third-order valence-corrected chi connectivity index (χ3v) is 8.53. The van der Waals surface area contributed by atoms with Gasteiger partial charge in [0.05, 0.1) is 17.3 Å². The van der Waals surface area contributed by atoms with Crippen LogP contribution >= 0.6 is 0 Å². The average Bonchev–Trinajstić information content (AvgIpc) is 3.12. The van der Waals surface area contributed by atoms with Gasteiger partial charge in [-0.25, -0.2) is 0 Å². The molecule has 2 atom stereocenters. The monoisotopic (exact) mass is 1140 g/mol. The molecule has 0 bridgehead atoms. The Labute approximate surface area is 426 Å². The molecule has 458 valence electrons. The molecule has 0 aromatic rings. The lowest BCUT2D eigenvalue weighted by atomic mass is 9.92. The van der Waals surface area contributed by atoms with Gasteiger partial charge in [-0.3, -0.25) is 0 Å². The summed E-state index contributed by atoms with van der Waals surface area (Å²) in [6, 6.07) is 0. The molecule has 24 heteroatoms. The normalized spacial score (nSPS) is 13.9. The van der Waals surface area contributed by atoms with E-state index in [0.717, 1.165) is 60.8 Å². The van der Waals surface area contributed by atoms with Crippen LogP contribution in [0.2, 0.25) is 0 Å². The van der Waals surface area contributed by atoms with E-state index >= 15 is 0 Å². The Morgan fingerprint density at radius 2 is 0.603 bits per heavy atom. The third-order valence-electron chi connectivity index (χ3n) is 8.53. The molecule has 0 aliphatic heterocycles. The first-order chi connectivity index (χ1) is 32.2. The number of alkyl halides is 24. The fourth-order valence-corrected chi connectivity index (χ4v) is 1.92. The van der Waals surface area contributed by atoms with Crippen molar-refractivity contribution in [1.82, 2.24) is 0 Å². The van der Waals surface area contributed by atoms with Crippen LogP contribution in [0.3, 0.4) is 0 Å². The van der Waals surface area contributed by atoms with Gasteiger partial charge in [0.2, 0.25) is 0 Å². The van der Waals surface area contributed by atoms with Gasteiger partial charge in [-0.1, -0.05) is 183 Å². The molecular weight excluding hydrogens is 1040 g/mol. The summed E-state index contributed by atoms with van der Waals surface area (Å²) >= 11 is 0. The summed E-state index contributed by atoms with van der Waals surface area (Å²) in [7, 11) is 0. The molecule has 0 rings (SSSR count). The summed E-state index contributed by atoms with van der Waals surface area (Å²) in [6.07, 6.45) is -27.3. The first kappa shape index (κ1) is 88.0. The van der Waals surface area contributed by atoms with Crippen molar-refractivity contribution in [3.05, 3.63) is 0 Å². The van der Waals surface area contributed by atoms with Crippen LogP contribution in [-0.4, -0.2) is 49.4 Å². The van der Waals surface area contributed by atoms with Gasteiger partial charge in [0.1, 0.15) is 0 Å². The highest BCUT2D eigenvalue weighted by Crippen LogP contribution is 2.49. The summed E-state index contributed by atoms with van der Waals surface area (Å²) in [5.74, 6) is -5.17. The SMILES string of the molecule is CC(C)(C(F)(F)F)C(F)(F)F.CC(C)(C)C(F)(F)F.CC(C)C(F)(F)F.CCC(C)C.CCC(C)C(F)(F)F.CCCCC.CCCCCC(F)(F)F.CCC[C@H](C)C(F)(F)F.[2H]C(C)(C)C.[2H]C(C)(C)C(F)(F)F. The summed E-state index contributed by atoms with van der Waals surface area (Å²) < 4.78 is 289. The number of hydrogen-bond acceptors (Lipinski definition) is 0. The van der Waals surface area contributed by atoms with E-state index in [4.69, 9.17) is 2.74 Å².